The largest absolute Gasteiger partial charge is 1.00 e. The van der Waals surface area contributed by atoms with E-state index in [9.17, 15) is 30.0 Å². The van der Waals surface area contributed by atoms with Gasteiger partial charge in [-0.15, -0.1) is 10.2 Å². The second kappa shape index (κ2) is 31.7. The molecule has 6 aromatic rings. The van der Waals surface area contributed by atoms with Gasteiger partial charge >= 0.3 is 0 Å². The van der Waals surface area contributed by atoms with Crippen LogP contribution in [0.4, 0.5) is 34.1 Å². The average molecular weight is 1030 g/mol. The molecule has 0 aliphatic rings. The minimum Gasteiger partial charge on any atom is -1.00 e. The number of aromatic nitrogens is 2. The van der Waals surface area contributed by atoms with Crippen LogP contribution >= 0.6 is 21.6 Å². The Labute approximate surface area is 429 Å². The molecular formula is C50H62Cl2N10O6S2. The van der Waals surface area contributed by atoms with Gasteiger partial charge in [0.2, 0.25) is 22.8 Å². The van der Waals surface area contributed by atoms with Crippen molar-refractivity contribution in [2.45, 2.75) is 38.8 Å². The Bertz CT molecular complexity index is 2390. The number of azo groups is 2. The third-order valence-corrected chi connectivity index (χ3v) is 13.4. The molecule has 16 nitrogen and oxygen atoms in total. The Hall–Kier alpha value is -5.44. The zero-order chi connectivity index (χ0) is 47.8. The number of carbonyl (C=O) groups is 2. The zero-order valence-corrected chi connectivity index (χ0v) is 42.2. The Morgan fingerprint density at radius 3 is 1.24 bits per heavy atom. The molecule has 4 aromatic carbocycles. The summed E-state index contributed by atoms with van der Waals surface area (Å²) in [5.74, 6) is 1.58. The van der Waals surface area contributed by atoms with Crippen molar-refractivity contribution in [1.82, 2.24) is 10.6 Å². The van der Waals surface area contributed by atoms with Crippen LogP contribution in [0.5, 0.6) is 0 Å². The monoisotopic (exact) mass is 1030 g/mol. The molecule has 2 aromatic heterocycles. The van der Waals surface area contributed by atoms with Crippen molar-refractivity contribution in [3.8, 4) is 0 Å². The first-order valence-electron chi connectivity index (χ1n) is 23.0. The van der Waals surface area contributed by atoms with E-state index in [1.54, 1.807) is 21.6 Å². The maximum absolute atomic E-state index is 12.6. The lowest BCUT2D eigenvalue weighted by Gasteiger charge is -2.22. The summed E-state index contributed by atoms with van der Waals surface area (Å²) in [5, 5.41) is 63.3. The SMILES string of the molecule is O=C(CCC[n+]1ccc(N=Nc2ccc(N(CCO)CCO)cc2)c2ccccc21)NCCSSCCNC(=O)CCC[n+]1ccc(N=Nc2ccc(N(CCO)CCO)cc2)c2ccccc21.[Cl-].[Cl-]. The summed E-state index contributed by atoms with van der Waals surface area (Å²) in [6.45, 7) is 4.25. The number of para-hydroxylation sites is 2. The molecule has 0 aliphatic heterocycles. The lowest BCUT2D eigenvalue weighted by molar-refractivity contribution is -0.671. The van der Waals surface area contributed by atoms with Gasteiger partial charge in [-0.2, -0.15) is 19.4 Å². The summed E-state index contributed by atoms with van der Waals surface area (Å²) >= 11 is 0. The van der Waals surface area contributed by atoms with Crippen molar-refractivity contribution in [3.63, 3.8) is 0 Å². The minimum absolute atomic E-state index is 0. The Morgan fingerprint density at radius 2 is 0.871 bits per heavy atom. The van der Waals surface area contributed by atoms with Crippen molar-refractivity contribution in [3.05, 3.63) is 122 Å². The molecule has 2 amide bonds. The van der Waals surface area contributed by atoms with E-state index < -0.39 is 0 Å². The zero-order valence-electron chi connectivity index (χ0n) is 39.0. The van der Waals surface area contributed by atoms with Crippen molar-refractivity contribution in [1.29, 1.82) is 0 Å². The van der Waals surface area contributed by atoms with E-state index in [0.29, 0.717) is 89.4 Å². The van der Waals surface area contributed by atoms with Crippen LogP contribution in [0.25, 0.3) is 21.8 Å². The van der Waals surface area contributed by atoms with Gasteiger partial charge in [-0.25, -0.2) is 0 Å². The third-order valence-electron chi connectivity index (χ3n) is 11.0. The van der Waals surface area contributed by atoms with Crippen LogP contribution in [0.15, 0.2) is 142 Å². The lowest BCUT2D eigenvalue weighted by atomic mass is 10.1. The van der Waals surface area contributed by atoms with Gasteiger partial charge in [0.15, 0.2) is 12.4 Å². The van der Waals surface area contributed by atoms with Crippen LogP contribution in [-0.4, -0.2) is 109 Å². The van der Waals surface area contributed by atoms with E-state index in [0.717, 1.165) is 56.1 Å². The number of hydrogen-bond acceptors (Lipinski definition) is 14. The van der Waals surface area contributed by atoms with Crippen molar-refractivity contribution in [2.24, 2.45) is 20.5 Å². The molecule has 0 atom stereocenters. The maximum Gasteiger partial charge on any atom is 0.220 e. The highest BCUT2D eigenvalue weighted by Crippen LogP contribution is 2.29. The number of rotatable bonds is 29. The van der Waals surface area contributed by atoms with Gasteiger partial charge in [0.1, 0.15) is 24.5 Å². The third kappa shape index (κ3) is 17.8. The number of aliphatic hydroxyl groups excluding tert-OH is 4. The normalized spacial score (nSPS) is 11.2. The van der Waals surface area contributed by atoms with Gasteiger partial charge in [-0.05, 0) is 60.7 Å². The van der Waals surface area contributed by atoms with Crippen molar-refractivity contribution >= 4 is 89.3 Å². The first-order chi connectivity index (χ1) is 33.4. The minimum atomic E-state index is -0.000542. The number of hydrogen-bond donors (Lipinski definition) is 6. The van der Waals surface area contributed by atoms with Crippen LogP contribution < -0.4 is 54.4 Å². The summed E-state index contributed by atoms with van der Waals surface area (Å²) in [4.78, 5) is 29.1. The molecule has 70 heavy (non-hydrogen) atoms. The maximum atomic E-state index is 12.6. The van der Waals surface area contributed by atoms with Crippen LogP contribution in [0.1, 0.15) is 25.7 Å². The fourth-order valence-corrected chi connectivity index (χ4v) is 9.41. The van der Waals surface area contributed by atoms with Gasteiger partial charge < -0.3 is 65.7 Å². The summed E-state index contributed by atoms with van der Waals surface area (Å²) in [5.41, 5.74) is 6.67. The van der Waals surface area contributed by atoms with Crippen LogP contribution in [-0.2, 0) is 22.7 Å². The predicted octanol–water partition coefficient (Wildman–Crippen LogP) is 0.863. The quantitative estimate of drug-likeness (QED) is 0.0170. The summed E-state index contributed by atoms with van der Waals surface area (Å²) in [6, 6.07) is 35.0. The number of anilines is 2. The van der Waals surface area contributed by atoms with Crippen LogP contribution in [0.3, 0.4) is 0 Å². The number of aryl methyl sites for hydroxylation is 2. The van der Waals surface area contributed by atoms with E-state index in [4.69, 9.17) is 0 Å². The number of aliphatic hydroxyl groups is 4. The predicted molar refractivity (Wildman–Crippen MR) is 272 cm³/mol. The first-order valence-corrected chi connectivity index (χ1v) is 25.5. The molecule has 6 N–H and O–H groups in total. The van der Waals surface area contributed by atoms with Gasteiger partial charge in [-0.1, -0.05) is 45.9 Å². The molecule has 0 spiro atoms. The Morgan fingerprint density at radius 1 is 0.500 bits per heavy atom. The summed E-state index contributed by atoms with van der Waals surface area (Å²) in [6.07, 6.45) is 6.16. The van der Waals surface area contributed by atoms with Crippen LogP contribution in [0, 0.1) is 0 Å². The topological polar surface area (TPSA) is 203 Å². The number of halogens is 2. The summed E-state index contributed by atoms with van der Waals surface area (Å²) in [7, 11) is 3.36. The smallest absolute Gasteiger partial charge is 0.220 e. The molecule has 20 heteroatoms. The molecule has 0 saturated carbocycles. The van der Waals surface area contributed by atoms with Crippen molar-refractivity contribution in [2.75, 3.05) is 87.0 Å². The number of fused-ring (bicyclic) bond motifs is 2. The molecule has 0 aliphatic carbocycles. The second-order valence-corrected chi connectivity index (χ2v) is 18.4. The molecule has 0 fully saturated rings. The number of benzene rings is 4. The highest BCUT2D eigenvalue weighted by Gasteiger charge is 2.15. The average Bonchev–Trinajstić information content (AvgIpc) is 3.36. The number of nitrogens with one attached hydrogen (secondary N) is 2. The fourth-order valence-electron chi connectivity index (χ4n) is 7.59. The van der Waals surface area contributed by atoms with E-state index in [1.165, 1.54) is 0 Å². The van der Waals surface area contributed by atoms with Gasteiger partial charge in [0.25, 0.3) is 0 Å². The Balaban J connectivity index is 0.00000533. The molecule has 374 valence electrons. The number of pyridine rings is 2. The second-order valence-electron chi connectivity index (χ2n) is 15.7. The molecule has 2 heterocycles. The molecule has 0 unspecified atom stereocenters. The van der Waals surface area contributed by atoms with Crippen molar-refractivity contribution < 1.29 is 64.0 Å². The molecule has 6 rings (SSSR count). The van der Waals surface area contributed by atoms with Crippen LogP contribution in [0.2, 0.25) is 0 Å². The first kappa shape index (κ1) is 57.1. The molecular weight excluding hydrogens is 972 g/mol. The van der Waals surface area contributed by atoms with E-state index in [2.05, 4.69) is 40.2 Å². The molecule has 0 bridgehead atoms. The number of amides is 2. The highest BCUT2D eigenvalue weighted by atomic mass is 35.5. The lowest BCUT2D eigenvalue weighted by Crippen LogP contribution is -3.00. The molecule has 0 radical (unpaired) electrons. The standard InChI is InChI=1S/C50H60N10O6S2.2ClH/c61-33-29-57(30-34-62)41-17-13-39(14-18-41)53-55-45-21-27-59(47-9-3-1-7-43(45)47)25-5-11-49(65)51-23-37-67-68-38-24-52-50(66)12-6-26-60-28-22-46(44-8-2-4-10-48(44)60)56-54-40-15-19-42(20-16-40)58(31-35-63)32-36-64;;/h1-4,7-10,13-22,27-28,61-64H,5-6,11-12,23-26,29-38H2;2*1H. The van der Waals surface area contributed by atoms with E-state index in [-0.39, 0.29) is 63.1 Å². The van der Waals surface area contributed by atoms with E-state index >= 15 is 0 Å². The number of carbonyl (C=O) groups excluding carboxylic acids is 2. The van der Waals surface area contributed by atoms with Gasteiger partial charge in [0.05, 0.1) is 48.6 Å². The van der Waals surface area contributed by atoms with Gasteiger partial charge in [0, 0.05) is 112 Å². The Kier molecular flexibility index (Phi) is 25.9. The highest BCUT2D eigenvalue weighted by molar-refractivity contribution is 8.76. The fraction of sp³-hybridized carbons (Fsp3) is 0.360. The van der Waals surface area contributed by atoms with Gasteiger partial charge in [-0.3, -0.25) is 9.59 Å². The van der Waals surface area contributed by atoms with E-state index in [1.807, 2.05) is 131 Å². The number of nitrogens with zero attached hydrogens (tertiary/aromatic N) is 8. The summed E-state index contributed by atoms with van der Waals surface area (Å²) < 4.78 is 4.27. The molecule has 0 saturated heterocycles.